The number of hydrogen-bond acceptors (Lipinski definition) is 6. The van der Waals surface area contributed by atoms with E-state index in [2.05, 4.69) is 32.0 Å². The first kappa shape index (κ1) is 22.6. The third-order valence-corrected chi connectivity index (χ3v) is 6.44. The van der Waals surface area contributed by atoms with Gasteiger partial charge in [-0.2, -0.15) is 0 Å². The van der Waals surface area contributed by atoms with Crippen molar-refractivity contribution >= 4 is 27.3 Å². The zero-order chi connectivity index (χ0) is 22.6. The van der Waals surface area contributed by atoms with Gasteiger partial charge in [0, 0.05) is 50.6 Å². The van der Waals surface area contributed by atoms with E-state index in [-0.39, 0.29) is 5.91 Å². The number of rotatable bonds is 7. The van der Waals surface area contributed by atoms with Gasteiger partial charge in [-0.3, -0.25) is 14.4 Å². The third kappa shape index (κ3) is 5.79. The molecule has 2 aromatic carbocycles. The number of anilines is 2. The summed E-state index contributed by atoms with van der Waals surface area (Å²) in [5.74, 6) is -0.204. The number of morpholine rings is 1. The molecule has 0 aromatic heterocycles. The second-order valence-corrected chi connectivity index (χ2v) is 10.0. The molecule has 0 aliphatic carbocycles. The second-order valence-electron chi connectivity index (χ2n) is 8.26. The van der Waals surface area contributed by atoms with Crippen LogP contribution in [0.3, 0.4) is 0 Å². The summed E-state index contributed by atoms with van der Waals surface area (Å²) in [5.41, 5.74) is 4.24. The Labute approximate surface area is 189 Å². The largest absolute Gasteiger partial charge is 0.379 e. The molecule has 32 heavy (non-hydrogen) atoms. The summed E-state index contributed by atoms with van der Waals surface area (Å²) in [5, 5.41) is 3.01. The van der Waals surface area contributed by atoms with Gasteiger partial charge in [-0.05, 0) is 35.7 Å². The Bertz CT molecular complexity index is 1070. The van der Waals surface area contributed by atoms with Crippen LogP contribution in [0, 0.1) is 0 Å². The van der Waals surface area contributed by atoms with E-state index in [0.29, 0.717) is 37.6 Å². The van der Waals surface area contributed by atoms with Crippen LogP contribution in [-0.4, -0.2) is 71.4 Å². The molecule has 0 saturated carbocycles. The molecule has 0 unspecified atom stereocenters. The number of hydrogen-bond donors (Lipinski definition) is 2. The van der Waals surface area contributed by atoms with Crippen LogP contribution in [0.5, 0.6) is 0 Å². The van der Waals surface area contributed by atoms with Crippen LogP contribution in [0.4, 0.5) is 11.4 Å². The maximum absolute atomic E-state index is 13.2. The average Bonchev–Trinajstić information content (AvgIpc) is 2.78. The number of nitrogens with zero attached hydrogens (tertiary/aromatic N) is 2. The zero-order valence-corrected chi connectivity index (χ0v) is 19.2. The summed E-state index contributed by atoms with van der Waals surface area (Å²) >= 11 is 0. The Kier molecular flexibility index (Phi) is 6.98. The van der Waals surface area contributed by atoms with Crippen LogP contribution in [0.25, 0.3) is 0 Å². The minimum absolute atomic E-state index is 0.204. The molecule has 0 atom stereocenters. The predicted octanol–water partition coefficient (Wildman–Crippen LogP) is 1.68. The van der Waals surface area contributed by atoms with Gasteiger partial charge in [-0.15, -0.1) is 0 Å². The molecule has 0 radical (unpaired) electrons. The Morgan fingerprint density at radius 1 is 1.06 bits per heavy atom. The Morgan fingerprint density at radius 2 is 1.81 bits per heavy atom. The van der Waals surface area contributed by atoms with Crippen LogP contribution in [-0.2, 0) is 27.7 Å². The number of fused-ring (bicyclic) bond motifs is 1. The monoisotopic (exact) mass is 458 g/mol. The van der Waals surface area contributed by atoms with E-state index in [4.69, 9.17) is 4.74 Å². The number of ether oxygens (including phenoxy) is 1. The van der Waals surface area contributed by atoms with Crippen molar-refractivity contribution in [3.05, 3.63) is 59.2 Å². The van der Waals surface area contributed by atoms with Crippen LogP contribution >= 0.6 is 0 Å². The summed E-state index contributed by atoms with van der Waals surface area (Å²) in [6.45, 7) is 5.94. The molecule has 8 nitrogen and oxygen atoms in total. The molecule has 2 N–H and O–H groups in total. The van der Waals surface area contributed by atoms with Crippen LogP contribution in [0.1, 0.15) is 21.5 Å². The Morgan fingerprint density at radius 3 is 2.56 bits per heavy atom. The zero-order valence-electron chi connectivity index (χ0n) is 18.3. The van der Waals surface area contributed by atoms with Crippen molar-refractivity contribution in [3.8, 4) is 0 Å². The first-order chi connectivity index (χ1) is 15.4. The fourth-order valence-electron chi connectivity index (χ4n) is 4.22. The SMILES string of the molecule is CS(=O)(=O)Nc1ccc(N2CCc3ccccc3C2)c(C(=O)NCCN2CCOCC2)c1. The summed E-state index contributed by atoms with van der Waals surface area (Å²) in [7, 11) is -3.44. The van der Waals surface area contributed by atoms with Crippen LogP contribution < -0.4 is 14.9 Å². The predicted molar refractivity (Wildman–Crippen MR) is 126 cm³/mol. The quantitative estimate of drug-likeness (QED) is 0.656. The number of amides is 1. The molecule has 1 amide bonds. The second kappa shape index (κ2) is 9.89. The fraction of sp³-hybridized carbons (Fsp3) is 0.435. The van der Waals surface area contributed by atoms with E-state index in [0.717, 1.165) is 44.5 Å². The summed E-state index contributed by atoms with van der Waals surface area (Å²) in [6.07, 6.45) is 2.00. The Hall–Kier alpha value is -2.62. The number of sulfonamides is 1. The van der Waals surface area contributed by atoms with Crippen molar-refractivity contribution in [3.63, 3.8) is 0 Å². The van der Waals surface area contributed by atoms with Gasteiger partial charge in [-0.25, -0.2) is 8.42 Å². The molecule has 2 aliphatic heterocycles. The first-order valence-corrected chi connectivity index (χ1v) is 12.8. The molecular formula is C23H30N4O4S. The normalized spacial score (nSPS) is 17.0. The highest BCUT2D eigenvalue weighted by atomic mass is 32.2. The summed E-state index contributed by atoms with van der Waals surface area (Å²) < 4.78 is 31.3. The minimum Gasteiger partial charge on any atom is -0.379 e. The molecule has 0 bridgehead atoms. The van der Waals surface area contributed by atoms with E-state index in [1.807, 2.05) is 18.2 Å². The van der Waals surface area contributed by atoms with Crippen LogP contribution in [0.2, 0.25) is 0 Å². The highest BCUT2D eigenvalue weighted by Crippen LogP contribution is 2.29. The van der Waals surface area contributed by atoms with Gasteiger partial charge in [0.2, 0.25) is 10.0 Å². The molecule has 9 heteroatoms. The third-order valence-electron chi connectivity index (χ3n) is 5.83. The fourth-order valence-corrected chi connectivity index (χ4v) is 4.78. The van der Waals surface area contributed by atoms with E-state index >= 15 is 0 Å². The van der Waals surface area contributed by atoms with Gasteiger partial charge < -0.3 is 15.0 Å². The lowest BCUT2D eigenvalue weighted by Crippen LogP contribution is -2.41. The van der Waals surface area contributed by atoms with Gasteiger partial charge in [-0.1, -0.05) is 24.3 Å². The Balaban J connectivity index is 1.53. The van der Waals surface area contributed by atoms with Gasteiger partial charge in [0.05, 0.1) is 25.0 Å². The molecule has 172 valence electrons. The summed E-state index contributed by atoms with van der Waals surface area (Å²) in [4.78, 5) is 17.6. The molecule has 4 rings (SSSR count). The van der Waals surface area contributed by atoms with Crippen molar-refractivity contribution in [1.82, 2.24) is 10.2 Å². The van der Waals surface area contributed by atoms with Crippen molar-refractivity contribution < 1.29 is 17.9 Å². The lowest BCUT2D eigenvalue weighted by molar-refractivity contribution is 0.0383. The van der Waals surface area contributed by atoms with Gasteiger partial charge in [0.15, 0.2) is 0 Å². The molecule has 1 fully saturated rings. The highest BCUT2D eigenvalue weighted by molar-refractivity contribution is 7.92. The highest BCUT2D eigenvalue weighted by Gasteiger charge is 2.22. The van der Waals surface area contributed by atoms with E-state index in [1.54, 1.807) is 12.1 Å². The van der Waals surface area contributed by atoms with Crippen molar-refractivity contribution in [2.75, 3.05) is 61.8 Å². The molecule has 2 heterocycles. The van der Waals surface area contributed by atoms with Crippen molar-refractivity contribution in [1.29, 1.82) is 0 Å². The topological polar surface area (TPSA) is 91.0 Å². The average molecular weight is 459 g/mol. The van der Waals surface area contributed by atoms with Crippen molar-refractivity contribution in [2.45, 2.75) is 13.0 Å². The minimum atomic E-state index is -3.44. The number of benzene rings is 2. The van der Waals surface area contributed by atoms with Gasteiger partial charge >= 0.3 is 0 Å². The smallest absolute Gasteiger partial charge is 0.253 e. The maximum atomic E-state index is 13.2. The van der Waals surface area contributed by atoms with Gasteiger partial charge in [0.1, 0.15) is 0 Å². The number of carbonyl (C=O) groups excluding carboxylic acids is 1. The summed E-state index contributed by atoms with van der Waals surface area (Å²) in [6, 6.07) is 13.5. The van der Waals surface area contributed by atoms with E-state index in [1.165, 1.54) is 11.1 Å². The van der Waals surface area contributed by atoms with Gasteiger partial charge in [0.25, 0.3) is 5.91 Å². The lowest BCUT2D eigenvalue weighted by atomic mass is 9.98. The molecule has 2 aromatic rings. The van der Waals surface area contributed by atoms with E-state index in [9.17, 15) is 13.2 Å². The standard InChI is InChI=1S/C23H30N4O4S/c1-32(29,30)25-20-6-7-22(27-10-8-18-4-2-3-5-19(18)17-27)21(16-20)23(28)24-9-11-26-12-14-31-15-13-26/h2-7,16,25H,8-15,17H2,1H3,(H,24,28). The number of nitrogens with one attached hydrogen (secondary N) is 2. The lowest BCUT2D eigenvalue weighted by Gasteiger charge is -2.32. The van der Waals surface area contributed by atoms with Crippen molar-refractivity contribution in [2.24, 2.45) is 0 Å². The van der Waals surface area contributed by atoms with Crippen LogP contribution in [0.15, 0.2) is 42.5 Å². The maximum Gasteiger partial charge on any atom is 0.253 e. The molecule has 1 saturated heterocycles. The number of carbonyl (C=O) groups is 1. The molecule has 0 spiro atoms. The van der Waals surface area contributed by atoms with E-state index < -0.39 is 10.0 Å². The molecular weight excluding hydrogens is 428 g/mol. The first-order valence-electron chi connectivity index (χ1n) is 10.9. The molecule has 2 aliphatic rings.